The lowest BCUT2D eigenvalue weighted by Crippen LogP contribution is -2.12. The highest BCUT2D eigenvalue weighted by Gasteiger charge is 2.22. The zero-order valence-corrected chi connectivity index (χ0v) is 15.0. The Labute approximate surface area is 152 Å². The molecular weight excluding hydrogens is 322 g/mol. The van der Waals surface area contributed by atoms with E-state index in [-0.39, 0.29) is 0 Å². The maximum Gasteiger partial charge on any atom is 0.164 e. The first-order valence-corrected chi connectivity index (χ1v) is 8.49. The van der Waals surface area contributed by atoms with E-state index >= 15 is 0 Å². The minimum Gasteiger partial charge on any atom is -0.324 e. The van der Waals surface area contributed by atoms with Crippen LogP contribution in [0.2, 0.25) is 0 Å². The van der Waals surface area contributed by atoms with Gasteiger partial charge < -0.3 is 5.32 Å². The van der Waals surface area contributed by atoms with Crippen LogP contribution >= 0.6 is 0 Å². The number of hydrogen-bond acceptors (Lipinski definition) is 4. The average molecular weight is 341 g/mol. The molecule has 0 atom stereocenters. The van der Waals surface area contributed by atoms with Crippen molar-refractivity contribution in [1.29, 1.82) is 0 Å². The van der Waals surface area contributed by atoms with Gasteiger partial charge in [-0.1, -0.05) is 17.7 Å². The minimum atomic E-state index is 0.658. The summed E-state index contributed by atoms with van der Waals surface area (Å²) in [6.45, 7) is 6.13. The van der Waals surface area contributed by atoms with Crippen LogP contribution in [-0.4, -0.2) is 21.6 Å². The Morgan fingerprint density at radius 1 is 0.769 bits per heavy atom. The topological polar surface area (TPSA) is 62.5 Å². The largest absolute Gasteiger partial charge is 0.324 e. The van der Waals surface area contributed by atoms with Crippen LogP contribution in [0.3, 0.4) is 0 Å². The first kappa shape index (κ1) is 16.1. The molecule has 3 aromatic rings. The number of anilines is 1. The maximum atomic E-state index is 4.72. The number of fused-ring (bicyclic) bond motifs is 1. The van der Waals surface area contributed by atoms with Gasteiger partial charge in [-0.05, 0) is 62.2 Å². The van der Waals surface area contributed by atoms with Crippen molar-refractivity contribution in [2.24, 2.45) is 9.98 Å². The van der Waals surface area contributed by atoms with E-state index in [9.17, 15) is 0 Å². The highest BCUT2D eigenvalue weighted by molar-refractivity contribution is 6.26. The van der Waals surface area contributed by atoms with Crippen LogP contribution in [0.15, 0.2) is 64.8 Å². The Kier molecular flexibility index (Phi) is 4.05. The van der Waals surface area contributed by atoms with Crippen molar-refractivity contribution in [1.82, 2.24) is 9.97 Å². The first-order chi connectivity index (χ1) is 12.6. The van der Waals surface area contributed by atoms with Crippen molar-refractivity contribution in [3.63, 3.8) is 0 Å². The smallest absolute Gasteiger partial charge is 0.164 e. The molecule has 4 rings (SSSR count). The van der Waals surface area contributed by atoms with Crippen LogP contribution in [-0.2, 0) is 0 Å². The third-order valence-electron chi connectivity index (χ3n) is 4.17. The lowest BCUT2D eigenvalue weighted by atomic mass is 10.1. The van der Waals surface area contributed by atoms with Crippen molar-refractivity contribution in [3.05, 3.63) is 82.7 Å². The summed E-state index contributed by atoms with van der Waals surface area (Å²) in [4.78, 5) is 18.1. The highest BCUT2D eigenvalue weighted by Crippen LogP contribution is 2.24. The number of amidine groups is 2. The summed E-state index contributed by atoms with van der Waals surface area (Å²) >= 11 is 0. The Balaban J connectivity index is 1.77. The standard InChI is InChI=1S/C21H19N5/c1-13-4-5-16-17(10-13)21(25-19-12-15(3)7-9-23-19)26-20(16)24-18-11-14(2)6-8-22-18/h4-12H,1-3H3,(H,22,23,24,25,26). The van der Waals surface area contributed by atoms with Crippen LogP contribution in [0.1, 0.15) is 27.8 Å². The molecule has 0 amide bonds. The van der Waals surface area contributed by atoms with Gasteiger partial charge in [0.2, 0.25) is 0 Å². The van der Waals surface area contributed by atoms with Gasteiger partial charge in [-0.2, -0.15) is 0 Å². The molecule has 0 fully saturated rings. The number of pyridine rings is 2. The van der Waals surface area contributed by atoms with Crippen LogP contribution in [0.4, 0.5) is 11.6 Å². The van der Waals surface area contributed by atoms with Crippen molar-refractivity contribution < 1.29 is 0 Å². The van der Waals surface area contributed by atoms with Gasteiger partial charge in [0.25, 0.3) is 0 Å². The number of aliphatic imine (C=N–C) groups is 2. The zero-order valence-electron chi connectivity index (χ0n) is 15.0. The third-order valence-corrected chi connectivity index (χ3v) is 4.17. The summed E-state index contributed by atoms with van der Waals surface area (Å²) in [6, 6.07) is 14.1. The molecule has 1 N–H and O–H groups in total. The van der Waals surface area contributed by atoms with E-state index in [0.29, 0.717) is 11.7 Å². The van der Waals surface area contributed by atoms with Crippen LogP contribution < -0.4 is 5.32 Å². The fourth-order valence-corrected chi connectivity index (χ4v) is 2.87. The van der Waals surface area contributed by atoms with E-state index in [4.69, 9.17) is 4.99 Å². The molecule has 26 heavy (non-hydrogen) atoms. The van der Waals surface area contributed by atoms with Crippen molar-refractivity contribution in [3.8, 4) is 0 Å². The van der Waals surface area contributed by atoms with Crippen LogP contribution in [0, 0.1) is 20.8 Å². The summed E-state index contributed by atoms with van der Waals surface area (Å²) in [6.07, 6.45) is 3.55. The van der Waals surface area contributed by atoms with Gasteiger partial charge in [-0.15, -0.1) is 0 Å². The van der Waals surface area contributed by atoms with Crippen molar-refractivity contribution >= 4 is 23.3 Å². The summed E-state index contributed by atoms with van der Waals surface area (Å²) in [5, 5.41) is 3.32. The summed E-state index contributed by atoms with van der Waals surface area (Å²) in [5.41, 5.74) is 5.45. The number of benzene rings is 1. The first-order valence-electron chi connectivity index (χ1n) is 8.49. The molecule has 5 nitrogen and oxygen atoms in total. The van der Waals surface area contributed by atoms with Gasteiger partial charge in [0, 0.05) is 23.5 Å². The molecular formula is C21H19N5. The Morgan fingerprint density at radius 2 is 1.50 bits per heavy atom. The quantitative estimate of drug-likeness (QED) is 0.753. The minimum absolute atomic E-state index is 0.658. The van der Waals surface area contributed by atoms with Crippen molar-refractivity contribution in [2.75, 3.05) is 5.32 Å². The van der Waals surface area contributed by atoms with Crippen LogP contribution in [0.25, 0.3) is 0 Å². The lowest BCUT2D eigenvalue weighted by molar-refractivity contribution is 1.24. The molecule has 5 heteroatoms. The molecule has 1 aromatic carbocycles. The van der Waals surface area contributed by atoms with Crippen molar-refractivity contribution in [2.45, 2.75) is 20.8 Å². The molecule has 1 aliphatic rings. The Morgan fingerprint density at radius 3 is 2.27 bits per heavy atom. The predicted molar refractivity (Wildman–Crippen MR) is 105 cm³/mol. The van der Waals surface area contributed by atoms with Gasteiger partial charge in [-0.25, -0.2) is 20.0 Å². The molecule has 0 spiro atoms. The van der Waals surface area contributed by atoms with E-state index < -0.39 is 0 Å². The second-order valence-electron chi connectivity index (χ2n) is 6.48. The van der Waals surface area contributed by atoms with Gasteiger partial charge in [0.15, 0.2) is 11.7 Å². The van der Waals surface area contributed by atoms with Gasteiger partial charge in [0.1, 0.15) is 11.7 Å². The number of aromatic nitrogens is 2. The SMILES string of the molecule is Cc1ccnc(N=C2N=C(Nc3cc(C)ccn3)c3ccc(C)cc32)c1. The van der Waals surface area contributed by atoms with E-state index in [2.05, 4.69) is 45.4 Å². The molecule has 0 unspecified atom stereocenters. The fourth-order valence-electron chi connectivity index (χ4n) is 2.87. The average Bonchev–Trinajstić information content (AvgIpc) is 2.91. The number of aryl methyl sites for hydroxylation is 3. The zero-order chi connectivity index (χ0) is 18.1. The predicted octanol–water partition coefficient (Wildman–Crippen LogP) is 4.35. The number of nitrogens with zero attached hydrogens (tertiary/aromatic N) is 4. The molecule has 1 aliphatic heterocycles. The Hall–Kier alpha value is -3.34. The second-order valence-corrected chi connectivity index (χ2v) is 6.48. The molecule has 0 saturated carbocycles. The molecule has 0 bridgehead atoms. The normalized spacial score (nSPS) is 14.3. The fraction of sp³-hybridized carbons (Fsp3) is 0.143. The van der Waals surface area contributed by atoms with E-state index in [1.54, 1.807) is 12.4 Å². The third kappa shape index (κ3) is 3.24. The second kappa shape index (κ2) is 6.52. The highest BCUT2D eigenvalue weighted by atomic mass is 15.1. The van der Waals surface area contributed by atoms with E-state index in [1.165, 1.54) is 5.56 Å². The molecule has 0 saturated heterocycles. The summed E-state index contributed by atoms with van der Waals surface area (Å²) in [7, 11) is 0. The molecule has 128 valence electrons. The monoisotopic (exact) mass is 341 g/mol. The molecule has 0 aliphatic carbocycles. The van der Waals surface area contributed by atoms with Gasteiger partial charge in [0.05, 0.1) is 0 Å². The lowest BCUT2D eigenvalue weighted by Gasteiger charge is -2.07. The maximum absolute atomic E-state index is 4.72. The van der Waals surface area contributed by atoms with E-state index in [0.717, 1.165) is 33.9 Å². The summed E-state index contributed by atoms with van der Waals surface area (Å²) in [5.74, 6) is 2.85. The number of rotatable bonds is 2. The number of hydrogen-bond donors (Lipinski definition) is 1. The van der Waals surface area contributed by atoms with E-state index in [1.807, 2.05) is 38.1 Å². The van der Waals surface area contributed by atoms with Crippen LogP contribution in [0.5, 0.6) is 0 Å². The number of nitrogens with one attached hydrogen (secondary N) is 1. The van der Waals surface area contributed by atoms with Gasteiger partial charge in [-0.3, -0.25) is 0 Å². The molecule has 0 radical (unpaired) electrons. The summed E-state index contributed by atoms with van der Waals surface area (Å²) < 4.78 is 0. The molecule has 3 heterocycles. The molecule has 2 aromatic heterocycles. The Bertz CT molecular complexity index is 1050. The van der Waals surface area contributed by atoms with Gasteiger partial charge >= 0.3 is 0 Å².